The monoisotopic (exact) mass is 380 g/mol. The van der Waals surface area contributed by atoms with Crippen molar-refractivity contribution >= 4 is 11.6 Å². The molecule has 2 heterocycles. The molecule has 2 aromatic rings. The predicted octanol–water partition coefficient (Wildman–Crippen LogP) is 4.04. The van der Waals surface area contributed by atoms with Gasteiger partial charge in [0.05, 0.1) is 19.8 Å². The van der Waals surface area contributed by atoms with E-state index in [1.54, 1.807) is 0 Å². The van der Waals surface area contributed by atoms with Crippen LogP contribution < -0.4 is 14.4 Å². The molecule has 1 fully saturated rings. The van der Waals surface area contributed by atoms with Crippen molar-refractivity contribution in [3.8, 4) is 11.5 Å². The number of fused-ring (bicyclic) bond motifs is 1. The first kappa shape index (κ1) is 18.8. The van der Waals surface area contributed by atoms with Crippen LogP contribution in [-0.2, 0) is 4.79 Å². The van der Waals surface area contributed by atoms with Crippen molar-refractivity contribution < 1.29 is 14.3 Å². The van der Waals surface area contributed by atoms with Gasteiger partial charge in [0.2, 0.25) is 5.91 Å². The van der Waals surface area contributed by atoms with Crippen LogP contribution in [-0.4, -0.2) is 43.7 Å². The summed E-state index contributed by atoms with van der Waals surface area (Å²) < 4.78 is 11.6. The number of anilines is 1. The smallest absolute Gasteiger partial charge is 0.241 e. The van der Waals surface area contributed by atoms with Gasteiger partial charge in [-0.2, -0.15) is 0 Å². The largest absolute Gasteiger partial charge is 0.490 e. The molecule has 1 saturated heterocycles. The van der Waals surface area contributed by atoms with Gasteiger partial charge in [0.25, 0.3) is 0 Å². The third-order valence-electron chi connectivity index (χ3n) is 5.54. The predicted molar refractivity (Wildman–Crippen MR) is 110 cm³/mol. The highest BCUT2D eigenvalue weighted by molar-refractivity contribution is 5.94. The number of carbonyl (C=O) groups is 1. The minimum atomic E-state index is 0.148. The topological polar surface area (TPSA) is 42.0 Å². The molecule has 28 heavy (non-hydrogen) atoms. The molecular formula is C23H28N2O3. The normalized spacial score (nSPS) is 19.2. The summed E-state index contributed by atoms with van der Waals surface area (Å²) in [6.07, 6.45) is 3.06. The number of nitrogens with zero attached hydrogens (tertiary/aromatic N) is 2. The molecule has 148 valence electrons. The molecule has 2 aromatic carbocycles. The number of rotatable bonds is 5. The van der Waals surface area contributed by atoms with Gasteiger partial charge < -0.3 is 14.4 Å². The van der Waals surface area contributed by atoms with Crippen molar-refractivity contribution in [1.82, 2.24) is 4.90 Å². The van der Waals surface area contributed by atoms with Gasteiger partial charge in [0.15, 0.2) is 11.5 Å². The average Bonchev–Trinajstić information content (AvgIpc) is 3.04. The maximum atomic E-state index is 13.0. The van der Waals surface area contributed by atoms with Crippen LogP contribution in [0.4, 0.5) is 5.69 Å². The lowest BCUT2D eigenvalue weighted by Crippen LogP contribution is -2.40. The summed E-state index contributed by atoms with van der Waals surface area (Å²) in [5, 5.41) is 0. The minimum absolute atomic E-state index is 0.148. The van der Waals surface area contributed by atoms with Gasteiger partial charge in [0.1, 0.15) is 0 Å². The molecule has 0 aliphatic carbocycles. The number of carbonyl (C=O) groups excluding carboxylic acids is 1. The molecular weight excluding hydrogens is 352 g/mol. The second kappa shape index (κ2) is 8.65. The Hall–Kier alpha value is -2.53. The third-order valence-corrected chi connectivity index (χ3v) is 5.54. The second-order valence-electron chi connectivity index (χ2n) is 7.36. The quantitative estimate of drug-likeness (QED) is 0.785. The molecule has 0 spiro atoms. The van der Waals surface area contributed by atoms with Gasteiger partial charge in [-0.05, 0) is 56.1 Å². The summed E-state index contributed by atoms with van der Waals surface area (Å²) in [7, 11) is 0. The van der Waals surface area contributed by atoms with E-state index in [0.717, 1.165) is 43.0 Å². The molecule has 1 atom stereocenters. The highest BCUT2D eigenvalue weighted by atomic mass is 16.5. The van der Waals surface area contributed by atoms with Crippen molar-refractivity contribution in [2.75, 3.05) is 37.7 Å². The number of likely N-dealkylation sites (tertiary alicyclic amines) is 1. The summed E-state index contributed by atoms with van der Waals surface area (Å²) in [4.78, 5) is 17.2. The molecule has 0 saturated carbocycles. The zero-order valence-corrected chi connectivity index (χ0v) is 16.5. The van der Waals surface area contributed by atoms with Gasteiger partial charge in [-0.25, -0.2) is 0 Å². The highest BCUT2D eigenvalue weighted by Gasteiger charge is 2.30. The summed E-state index contributed by atoms with van der Waals surface area (Å²) in [6.45, 7) is 5.45. The van der Waals surface area contributed by atoms with E-state index in [1.165, 1.54) is 5.56 Å². The maximum absolute atomic E-state index is 13.0. The molecule has 0 bridgehead atoms. The number of hydrogen-bond acceptors (Lipinski definition) is 4. The van der Waals surface area contributed by atoms with Crippen molar-refractivity contribution in [3.63, 3.8) is 0 Å². The number of benzene rings is 2. The number of likely N-dealkylation sites (N-methyl/N-ethyl adjacent to an activating group) is 1. The van der Waals surface area contributed by atoms with Crippen molar-refractivity contribution in [1.29, 1.82) is 0 Å². The fraction of sp³-hybridized carbons (Fsp3) is 0.435. The van der Waals surface area contributed by atoms with E-state index in [0.29, 0.717) is 26.3 Å². The molecule has 0 aromatic heterocycles. The Morgan fingerprint density at radius 2 is 1.86 bits per heavy atom. The van der Waals surface area contributed by atoms with E-state index in [-0.39, 0.29) is 11.9 Å². The van der Waals surface area contributed by atoms with Crippen molar-refractivity contribution in [2.45, 2.75) is 32.2 Å². The molecule has 1 unspecified atom stereocenters. The lowest BCUT2D eigenvalue weighted by molar-refractivity contribution is -0.119. The number of hydrogen-bond donors (Lipinski definition) is 0. The van der Waals surface area contributed by atoms with E-state index >= 15 is 0 Å². The van der Waals surface area contributed by atoms with Crippen LogP contribution in [0.3, 0.4) is 0 Å². The standard InChI is InChI=1S/C23H28N2O3/c1-2-25(19-8-4-3-5-9-19)23(26)17-24-13-6-10-20(24)18-11-12-21-22(16-18)28-15-7-14-27-21/h3-5,8-9,11-12,16,20H,2,6-7,10,13-15,17H2,1H3. The van der Waals surface area contributed by atoms with Crippen LogP contribution in [0.1, 0.15) is 37.8 Å². The van der Waals surface area contributed by atoms with Crippen molar-refractivity contribution in [2.24, 2.45) is 0 Å². The first-order chi connectivity index (χ1) is 13.8. The van der Waals surface area contributed by atoms with E-state index in [1.807, 2.05) is 48.2 Å². The Morgan fingerprint density at radius 3 is 2.64 bits per heavy atom. The Morgan fingerprint density at radius 1 is 1.07 bits per heavy atom. The molecule has 0 N–H and O–H groups in total. The second-order valence-corrected chi connectivity index (χ2v) is 7.36. The molecule has 2 aliphatic rings. The fourth-order valence-electron chi connectivity index (χ4n) is 4.15. The average molecular weight is 380 g/mol. The lowest BCUT2D eigenvalue weighted by Gasteiger charge is -2.28. The van der Waals surface area contributed by atoms with Gasteiger partial charge in [-0.15, -0.1) is 0 Å². The Balaban J connectivity index is 1.49. The van der Waals surface area contributed by atoms with Gasteiger partial charge in [-0.1, -0.05) is 24.3 Å². The SMILES string of the molecule is CCN(C(=O)CN1CCCC1c1ccc2c(c1)OCCCO2)c1ccccc1. The summed E-state index contributed by atoms with van der Waals surface area (Å²) in [5.41, 5.74) is 2.17. The Bertz CT molecular complexity index is 809. The van der Waals surface area contributed by atoms with E-state index < -0.39 is 0 Å². The number of amides is 1. The molecule has 1 amide bonds. The minimum Gasteiger partial charge on any atom is -0.490 e. The molecule has 2 aliphatic heterocycles. The summed E-state index contributed by atoms with van der Waals surface area (Å²) in [6, 6.07) is 16.4. The fourth-order valence-corrected chi connectivity index (χ4v) is 4.15. The molecule has 0 radical (unpaired) electrons. The third kappa shape index (κ3) is 3.99. The zero-order valence-electron chi connectivity index (χ0n) is 16.5. The van der Waals surface area contributed by atoms with E-state index in [4.69, 9.17) is 9.47 Å². The van der Waals surface area contributed by atoms with E-state index in [2.05, 4.69) is 17.0 Å². The Labute approximate surface area is 166 Å². The van der Waals surface area contributed by atoms with Crippen LogP contribution >= 0.6 is 0 Å². The molecule has 5 nitrogen and oxygen atoms in total. The van der Waals surface area contributed by atoms with Crippen LogP contribution in [0.5, 0.6) is 11.5 Å². The first-order valence-corrected chi connectivity index (χ1v) is 10.3. The lowest BCUT2D eigenvalue weighted by atomic mass is 10.0. The highest BCUT2D eigenvalue weighted by Crippen LogP contribution is 2.37. The van der Waals surface area contributed by atoms with Crippen LogP contribution in [0.2, 0.25) is 0 Å². The summed E-state index contributed by atoms with van der Waals surface area (Å²) in [5.74, 6) is 1.80. The van der Waals surface area contributed by atoms with Crippen LogP contribution in [0.15, 0.2) is 48.5 Å². The number of ether oxygens (including phenoxy) is 2. The maximum Gasteiger partial charge on any atom is 0.241 e. The Kier molecular flexibility index (Phi) is 5.81. The zero-order chi connectivity index (χ0) is 19.3. The van der Waals surface area contributed by atoms with E-state index in [9.17, 15) is 4.79 Å². The number of para-hydroxylation sites is 1. The van der Waals surface area contributed by atoms with Crippen LogP contribution in [0.25, 0.3) is 0 Å². The van der Waals surface area contributed by atoms with Gasteiger partial charge in [0, 0.05) is 24.7 Å². The summed E-state index contributed by atoms with van der Waals surface area (Å²) >= 11 is 0. The van der Waals surface area contributed by atoms with Gasteiger partial charge in [-0.3, -0.25) is 9.69 Å². The molecule has 5 heteroatoms. The first-order valence-electron chi connectivity index (χ1n) is 10.3. The van der Waals surface area contributed by atoms with Gasteiger partial charge >= 0.3 is 0 Å². The van der Waals surface area contributed by atoms with Crippen LogP contribution in [0, 0.1) is 0 Å². The molecule has 4 rings (SSSR count). The van der Waals surface area contributed by atoms with Crippen molar-refractivity contribution in [3.05, 3.63) is 54.1 Å².